The van der Waals surface area contributed by atoms with Crippen LogP contribution in [0.25, 0.3) is 0 Å². The van der Waals surface area contributed by atoms with Gasteiger partial charge in [-0.3, -0.25) is 19.2 Å². The van der Waals surface area contributed by atoms with Gasteiger partial charge in [0.2, 0.25) is 11.8 Å². The first kappa shape index (κ1) is 25.2. The van der Waals surface area contributed by atoms with Gasteiger partial charge in [0.05, 0.1) is 30.5 Å². The fraction of sp³-hybridized carbons (Fsp3) is 0.550. The average molecular weight is 485 g/mol. The molecular weight excluding hydrogens is 459 g/mol. The first-order valence-electron chi connectivity index (χ1n) is 10.4. The molecule has 0 aliphatic carbocycles. The van der Waals surface area contributed by atoms with Crippen LogP contribution in [0.2, 0.25) is 0 Å². The Balaban J connectivity index is 0.000000406. The molecule has 1 unspecified atom stereocenters. The molecule has 4 heterocycles. The van der Waals surface area contributed by atoms with Crippen LogP contribution in [0.15, 0.2) is 24.8 Å². The highest BCUT2D eigenvalue weighted by molar-refractivity contribution is 5.98. The maximum Gasteiger partial charge on any atom is 0.490 e. The quantitative estimate of drug-likeness (QED) is 0.678. The SMILES string of the molecule is CC(=O)N1CC(=O)N(c2cnn(C)c2)CC12CCN(Cc1nccn1C)C2.O=C(O)C(F)(F)F. The van der Waals surface area contributed by atoms with Crippen LogP contribution < -0.4 is 4.90 Å². The minimum absolute atomic E-state index is 0.0481. The lowest BCUT2D eigenvalue weighted by Gasteiger charge is -2.48. The lowest BCUT2D eigenvalue weighted by Crippen LogP contribution is -2.66. The molecule has 2 amide bonds. The summed E-state index contributed by atoms with van der Waals surface area (Å²) in [4.78, 5) is 44.2. The number of piperazine rings is 1. The van der Waals surface area contributed by atoms with Crippen LogP contribution in [0.3, 0.4) is 0 Å². The summed E-state index contributed by atoms with van der Waals surface area (Å²) in [7, 11) is 3.82. The van der Waals surface area contributed by atoms with Gasteiger partial charge in [0.1, 0.15) is 12.4 Å². The zero-order valence-electron chi connectivity index (χ0n) is 19.0. The van der Waals surface area contributed by atoms with E-state index in [1.54, 1.807) is 33.8 Å². The van der Waals surface area contributed by atoms with E-state index in [1.807, 2.05) is 31.1 Å². The Morgan fingerprint density at radius 3 is 2.41 bits per heavy atom. The fourth-order valence-electron chi connectivity index (χ4n) is 4.26. The van der Waals surface area contributed by atoms with Crippen LogP contribution in [0, 0.1) is 0 Å². The second-order valence-corrected chi connectivity index (χ2v) is 8.40. The van der Waals surface area contributed by atoms with Gasteiger partial charge in [-0.05, 0) is 6.42 Å². The molecule has 2 aliphatic heterocycles. The number of likely N-dealkylation sites (tertiary alicyclic amines) is 1. The number of carbonyl (C=O) groups excluding carboxylic acids is 2. The molecule has 2 aliphatic rings. The number of anilines is 1. The summed E-state index contributed by atoms with van der Waals surface area (Å²) in [6.45, 7) is 4.48. The molecule has 0 aromatic carbocycles. The molecule has 1 spiro atoms. The molecule has 2 aromatic rings. The van der Waals surface area contributed by atoms with E-state index in [9.17, 15) is 22.8 Å². The topological polar surface area (TPSA) is 117 Å². The third-order valence-corrected chi connectivity index (χ3v) is 5.94. The minimum atomic E-state index is -5.08. The van der Waals surface area contributed by atoms with Crippen LogP contribution in [-0.2, 0) is 35.0 Å². The Morgan fingerprint density at radius 2 is 1.91 bits per heavy atom. The number of halogens is 3. The average Bonchev–Trinajstić information content (AvgIpc) is 3.45. The van der Waals surface area contributed by atoms with Crippen LogP contribution in [0.4, 0.5) is 18.9 Å². The van der Waals surface area contributed by atoms with Crippen LogP contribution in [0.1, 0.15) is 19.2 Å². The number of hydrogen-bond acceptors (Lipinski definition) is 6. The summed E-state index contributed by atoms with van der Waals surface area (Å²) in [6, 6.07) is 0. The van der Waals surface area contributed by atoms with E-state index in [1.165, 1.54) is 0 Å². The lowest BCUT2D eigenvalue weighted by atomic mass is 9.92. The first-order chi connectivity index (χ1) is 15.8. The maximum absolute atomic E-state index is 12.7. The van der Waals surface area contributed by atoms with Crippen molar-refractivity contribution in [3.8, 4) is 0 Å². The number of aliphatic carboxylic acids is 1. The van der Waals surface area contributed by atoms with E-state index in [0.29, 0.717) is 6.54 Å². The fourth-order valence-corrected chi connectivity index (χ4v) is 4.26. The molecule has 1 N–H and O–H groups in total. The van der Waals surface area contributed by atoms with Crippen molar-refractivity contribution in [2.75, 3.05) is 31.1 Å². The van der Waals surface area contributed by atoms with Gasteiger partial charge in [-0.25, -0.2) is 9.78 Å². The summed E-state index contributed by atoms with van der Waals surface area (Å²) < 4.78 is 35.4. The normalized spacial score (nSPS) is 21.1. The molecule has 186 valence electrons. The van der Waals surface area contributed by atoms with E-state index in [0.717, 1.165) is 37.6 Å². The Hall–Kier alpha value is -3.42. The smallest absolute Gasteiger partial charge is 0.475 e. The molecule has 14 heteroatoms. The van der Waals surface area contributed by atoms with Crippen molar-refractivity contribution in [3.63, 3.8) is 0 Å². The summed E-state index contributed by atoms with van der Waals surface area (Å²) in [5.74, 6) is -1.87. The monoisotopic (exact) mass is 485 g/mol. The molecule has 0 saturated carbocycles. The van der Waals surface area contributed by atoms with Crippen LogP contribution in [-0.4, -0.2) is 89.9 Å². The van der Waals surface area contributed by atoms with E-state index in [4.69, 9.17) is 9.90 Å². The van der Waals surface area contributed by atoms with Crippen molar-refractivity contribution in [3.05, 3.63) is 30.6 Å². The number of amides is 2. The molecule has 1 atom stereocenters. The summed E-state index contributed by atoms with van der Waals surface area (Å²) in [6.07, 6.45) is 3.03. The predicted molar refractivity (Wildman–Crippen MR) is 112 cm³/mol. The van der Waals surface area contributed by atoms with Crippen molar-refractivity contribution in [1.29, 1.82) is 0 Å². The van der Waals surface area contributed by atoms with Gasteiger partial charge in [0, 0.05) is 52.7 Å². The number of carboxylic acids is 1. The number of hydrogen-bond donors (Lipinski definition) is 1. The first-order valence-corrected chi connectivity index (χ1v) is 10.4. The van der Waals surface area contributed by atoms with Crippen molar-refractivity contribution >= 4 is 23.5 Å². The van der Waals surface area contributed by atoms with Crippen LogP contribution in [0.5, 0.6) is 0 Å². The Bertz CT molecular complexity index is 1070. The molecule has 2 fully saturated rings. The largest absolute Gasteiger partial charge is 0.490 e. The summed E-state index contributed by atoms with van der Waals surface area (Å²) in [5.41, 5.74) is 0.411. The number of imidazole rings is 1. The number of aryl methyl sites for hydroxylation is 2. The maximum atomic E-state index is 12.7. The van der Waals surface area contributed by atoms with Crippen molar-refractivity contribution < 1.29 is 32.7 Å². The van der Waals surface area contributed by atoms with Crippen molar-refractivity contribution in [1.82, 2.24) is 29.1 Å². The highest BCUT2D eigenvalue weighted by Crippen LogP contribution is 2.35. The number of carbonyl (C=O) groups is 3. The standard InChI is InChI=1S/C18H25N7O2.C2HF3O2/c1-14(26)25-11-17(27)24(15-8-20-22(3)9-15)13-18(25)4-6-23(12-18)10-16-19-5-7-21(16)2;3-2(4,5)1(6)7/h5,7-9H,4,6,10-13H2,1-3H3;(H,6,7). The number of alkyl halides is 3. The Labute approximate surface area is 193 Å². The van der Waals surface area contributed by atoms with Gasteiger partial charge in [0.15, 0.2) is 0 Å². The molecular formula is C20H26F3N7O4. The third-order valence-electron chi connectivity index (χ3n) is 5.94. The van der Waals surface area contributed by atoms with Gasteiger partial charge in [-0.1, -0.05) is 0 Å². The van der Waals surface area contributed by atoms with E-state index >= 15 is 0 Å². The van der Waals surface area contributed by atoms with Crippen molar-refractivity contribution in [2.24, 2.45) is 14.1 Å². The Morgan fingerprint density at radius 1 is 1.24 bits per heavy atom. The van der Waals surface area contributed by atoms with E-state index in [2.05, 4.69) is 15.0 Å². The van der Waals surface area contributed by atoms with E-state index in [-0.39, 0.29) is 23.9 Å². The molecule has 4 rings (SSSR count). The zero-order valence-corrected chi connectivity index (χ0v) is 19.0. The second kappa shape index (κ2) is 9.44. The molecule has 11 nitrogen and oxygen atoms in total. The Kier molecular flexibility index (Phi) is 7.00. The van der Waals surface area contributed by atoms with Gasteiger partial charge >= 0.3 is 12.1 Å². The zero-order chi connectivity index (χ0) is 25.3. The minimum Gasteiger partial charge on any atom is -0.475 e. The van der Waals surface area contributed by atoms with Gasteiger partial charge in [-0.15, -0.1) is 0 Å². The van der Waals surface area contributed by atoms with Crippen LogP contribution >= 0.6 is 0 Å². The second-order valence-electron chi connectivity index (χ2n) is 8.40. The predicted octanol–water partition coefficient (Wildman–Crippen LogP) is 0.627. The molecule has 0 radical (unpaired) electrons. The number of rotatable bonds is 3. The summed E-state index contributed by atoms with van der Waals surface area (Å²) in [5, 5.41) is 11.3. The molecule has 0 bridgehead atoms. The number of aromatic nitrogens is 4. The van der Waals surface area contributed by atoms with Crippen molar-refractivity contribution in [2.45, 2.75) is 31.6 Å². The highest BCUT2D eigenvalue weighted by atomic mass is 19.4. The number of carboxylic acid groups (broad SMARTS) is 1. The third kappa shape index (κ3) is 5.38. The summed E-state index contributed by atoms with van der Waals surface area (Å²) >= 11 is 0. The van der Waals surface area contributed by atoms with Gasteiger partial charge < -0.3 is 19.5 Å². The van der Waals surface area contributed by atoms with E-state index < -0.39 is 12.1 Å². The molecule has 34 heavy (non-hydrogen) atoms. The number of nitrogens with zero attached hydrogens (tertiary/aromatic N) is 7. The molecule has 2 saturated heterocycles. The lowest BCUT2D eigenvalue weighted by molar-refractivity contribution is -0.192. The van der Waals surface area contributed by atoms with Gasteiger partial charge in [0.25, 0.3) is 0 Å². The molecule has 2 aromatic heterocycles. The van der Waals surface area contributed by atoms with Gasteiger partial charge in [-0.2, -0.15) is 18.3 Å². The highest BCUT2D eigenvalue weighted by Gasteiger charge is 2.50.